The maximum Gasteiger partial charge on any atom is 0.261 e. The van der Waals surface area contributed by atoms with Crippen LogP contribution in [0.5, 0.6) is 0 Å². The van der Waals surface area contributed by atoms with Crippen LogP contribution in [0.4, 0.5) is 5.69 Å². The molecule has 0 aromatic heterocycles. The summed E-state index contributed by atoms with van der Waals surface area (Å²) in [4.78, 5) is 38.5. The average molecular weight is 392 g/mol. The lowest BCUT2D eigenvalue weighted by Crippen LogP contribution is -2.30. The van der Waals surface area contributed by atoms with E-state index >= 15 is 0 Å². The van der Waals surface area contributed by atoms with E-state index in [1.807, 2.05) is 37.3 Å². The number of amides is 3. The van der Waals surface area contributed by atoms with Crippen LogP contribution in [0.3, 0.4) is 0 Å². The monoisotopic (exact) mass is 392 g/mol. The lowest BCUT2D eigenvalue weighted by atomic mass is 9.97. The zero-order valence-corrected chi connectivity index (χ0v) is 16.9. The van der Waals surface area contributed by atoms with E-state index in [1.165, 1.54) is 4.90 Å². The normalized spacial score (nSPS) is 14.0. The number of imide groups is 1. The molecule has 0 fully saturated rings. The highest BCUT2D eigenvalue weighted by Crippen LogP contribution is 2.23. The van der Waals surface area contributed by atoms with E-state index < -0.39 is 0 Å². The summed E-state index contributed by atoms with van der Waals surface area (Å²) < 4.78 is 0. The fraction of sp³-hybridized carbons (Fsp3) is 0.375. The van der Waals surface area contributed by atoms with Crippen molar-refractivity contribution in [3.63, 3.8) is 0 Å². The zero-order chi connectivity index (χ0) is 20.6. The summed E-state index contributed by atoms with van der Waals surface area (Å²) in [5.74, 6) is -0.292. The minimum absolute atomic E-state index is 0.00597. The van der Waals surface area contributed by atoms with E-state index in [4.69, 9.17) is 0 Å². The Balaban J connectivity index is 1.36. The first-order chi connectivity index (χ1) is 14.1. The van der Waals surface area contributed by atoms with Gasteiger partial charge in [0, 0.05) is 18.2 Å². The molecule has 5 nitrogen and oxygen atoms in total. The van der Waals surface area contributed by atoms with Crippen molar-refractivity contribution in [3.05, 3.63) is 65.7 Å². The Hall–Kier alpha value is -2.95. The van der Waals surface area contributed by atoms with Crippen LogP contribution in [0.1, 0.15) is 66.2 Å². The van der Waals surface area contributed by atoms with Crippen LogP contribution in [0.25, 0.3) is 0 Å². The summed E-state index contributed by atoms with van der Waals surface area (Å²) in [7, 11) is 0. The molecule has 3 rings (SSSR count). The third-order valence-electron chi connectivity index (χ3n) is 5.47. The zero-order valence-electron chi connectivity index (χ0n) is 16.9. The minimum atomic E-state index is -0.186. The van der Waals surface area contributed by atoms with Crippen LogP contribution in [0, 0.1) is 5.92 Å². The molecule has 2 aromatic carbocycles. The highest BCUT2D eigenvalue weighted by Gasteiger charge is 2.34. The molecule has 3 amide bonds. The highest BCUT2D eigenvalue weighted by atomic mass is 16.2. The SMILES string of the molecule is CC[C@H](CCCCCCN1C(=O)c2ccccc2C1=O)C(=O)Nc1ccccc1. The van der Waals surface area contributed by atoms with Crippen LogP contribution < -0.4 is 5.32 Å². The summed E-state index contributed by atoms with van der Waals surface area (Å²) >= 11 is 0. The molecule has 1 heterocycles. The molecular weight excluding hydrogens is 364 g/mol. The summed E-state index contributed by atoms with van der Waals surface area (Å²) in [6, 6.07) is 16.5. The van der Waals surface area contributed by atoms with E-state index in [9.17, 15) is 14.4 Å². The Morgan fingerprint density at radius 3 is 2.07 bits per heavy atom. The molecule has 0 radical (unpaired) electrons. The second kappa shape index (κ2) is 10.0. The molecule has 0 saturated carbocycles. The van der Waals surface area contributed by atoms with Gasteiger partial charge in [-0.05, 0) is 43.5 Å². The van der Waals surface area contributed by atoms with Crippen molar-refractivity contribution in [2.24, 2.45) is 5.92 Å². The number of carbonyl (C=O) groups excluding carboxylic acids is 3. The smallest absolute Gasteiger partial charge is 0.261 e. The van der Waals surface area contributed by atoms with Gasteiger partial charge in [0.25, 0.3) is 11.8 Å². The van der Waals surface area contributed by atoms with E-state index in [-0.39, 0.29) is 23.6 Å². The number of hydrogen-bond donors (Lipinski definition) is 1. The highest BCUT2D eigenvalue weighted by molar-refractivity contribution is 6.21. The number of fused-ring (bicyclic) bond motifs is 1. The van der Waals surface area contributed by atoms with Gasteiger partial charge in [-0.3, -0.25) is 19.3 Å². The molecule has 1 aliphatic heterocycles. The van der Waals surface area contributed by atoms with Crippen LogP contribution >= 0.6 is 0 Å². The fourth-order valence-electron chi connectivity index (χ4n) is 3.74. The van der Waals surface area contributed by atoms with Gasteiger partial charge in [-0.1, -0.05) is 56.5 Å². The van der Waals surface area contributed by atoms with Gasteiger partial charge in [-0.15, -0.1) is 0 Å². The van der Waals surface area contributed by atoms with Crippen molar-refractivity contribution in [3.8, 4) is 0 Å². The Morgan fingerprint density at radius 2 is 1.45 bits per heavy atom. The molecule has 1 aliphatic rings. The first kappa shape index (κ1) is 20.8. The summed E-state index contributed by atoms with van der Waals surface area (Å²) in [5.41, 5.74) is 1.84. The summed E-state index contributed by atoms with van der Waals surface area (Å²) in [6.07, 6.45) is 5.33. The van der Waals surface area contributed by atoms with E-state index in [0.717, 1.165) is 44.2 Å². The number of anilines is 1. The number of nitrogens with zero attached hydrogens (tertiary/aromatic N) is 1. The van der Waals surface area contributed by atoms with Gasteiger partial charge in [-0.25, -0.2) is 0 Å². The van der Waals surface area contributed by atoms with Crippen LogP contribution in [-0.2, 0) is 4.79 Å². The summed E-state index contributed by atoms with van der Waals surface area (Å²) in [5, 5.41) is 2.98. The van der Waals surface area contributed by atoms with Gasteiger partial charge >= 0.3 is 0 Å². The van der Waals surface area contributed by atoms with E-state index in [1.54, 1.807) is 24.3 Å². The molecule has 0 unspecified atom stereocenters. The molecule has 0 saturated heterocycles. The largest absolute Gasteiger partial charge is 0.326 e. The molecule has 5 heteroatoms. The Morgan fingerprint density at radius 1 is 0.862 bits per heavy atom. The van der Waals surface area contributed by atoms with Crippen LogP contribution in [0.2, 0.25) is 0 Å². The van der Waals surface area contributed by atoms with Crippen LogP contribution in [-0.4, -0.2) is 29.2 Å². The maximum atomic E-state index is 12.4. The topological polar surface area (TPSA) is 66.5 Å². The van der Waals surface area contributed by atoms with Gasteiger partial charge < -0.3 is 5.32 Å². The molecular formula is C24H28N2O3. The molecule has 0 spiro atoms. The second-order valence-electron chi connectivity index (χ2n) is 7.47. The number of para-hydroxylation sites is 1. The second-order valence-corrected chi connectivity index (χ2v) is 7.47. The van der Waals surface area contributed by atoms with Crippen molar-refractivity contribution in [2.45, 2.75) is 45.4 Å². The predicted octanol–water partition coefficient (Wildman–Crippen LogP) is 4.90. The third kappa shape index (κ3) is 5.11. The van der Waals surface area contributed by atoms with Crippen LogP contribution in [0.15, 0.2) is 54.6 Å². The molecule has 29 heavy (non-hydrogen) atoms. The van der Waals surface area contributed by atoms with Gasteiger partial charge in [0.15, 0.2) is 0 Å². The average Bonchev–Trinajstić information content (AvgIpc) is 2.99. The number of hydrogen-bond acceptors (Lipinski definition) is 3. The van der Waals surface area contributed by atoms with Gasteiger partial charge in [0.1, 0.15) is 0 Å². The lowest BCUT2D eigenvalue weighted by Gasteiger charge is -2.16. The lowest BCUT2D eigenvalue weighted by molar-refractivity contribution is -0.120. The number of unbranched alkanes of at least 4 members (excludes halogenated alkanes) is 3. The Kier molecular flexibility index (Phi) is 7.17. The number of benzene rings is 2. The van der Waals surface area contributed by atoms with Crippen molar-refractivity contribution in [1.29, 1.82) is 0 Å². The predicted molar refractivity (Wildman–Crippen MR) is 114 cm³/mol. The first-order valence-corrected chi connectivity index (χ1v) is 10.4. The fourth-order valence-corrected chi connectivity index (χ4v) is 3.74. The number of rotatable bonds is 10. The van der Waals surface area contributed by atoms with E-state index in [2.05, 4.69) is 5.32 Å². The van der Waals surface area contributed by atoms with Gasteiger partial charge in [0.2, 0.25) is 5.91 Å². The van der Waals surface area contributed by atoms with Gasteiger partial charge in [-0.2, -0.15) is 0 Å². The van der Waals surface area contributed by atoms with E-state index in [0.29, 0.717) is 17.7 Å². The first-order valence-electron chi connectivity index (χ1n) is 10.4. The molecule has 2 aromatic rings. The number of carbonyl (C=O) groups is 3. The van der Waals surface area contributed by atoms with Crippen molar-refractivity contribution < 1.29 is 14.4 Å². The molecule has 152 valence electrons. The number of nitrogens with one attached hydrogen (secondary N) is 1. The van der Waals surface area contributed by atoms with Crippen molar-refractivity contribution in [2.75, 3.05) is 11.9 Å². The third-order valence-corrected chi connectivity index (χ3v) is 5.47. The molecule has 0 bridgehead atoms. The molecule has 1 atom stereocenters. The Bertz CT molecular complexity index is 828. The quantitative estimate of drug-likeness (QED) is 0.462. The molecule has 1 N–H and O–H groups in total. The maximum absolute atomic E-state index is 12.4. The Labute approximate surface area is 172 Å². The standard InChI is InChI=1S/C24H28N2O3/c1-2-18(22(27)25-19-13-7-5-8-14-19)12-6-3-4-11-17-26-23(28)20-15-9-10-16-21(20)24(26)29/h5,7-10,13-16,18H,2-4,6,11-12,17H2,1H3,(H,25,27)/t18-/m1/s1. The summed E-state index contributed by atoms with van der Waals surface area (Å²) in [6.45, 7) is 2.50. The van der Waals surface area contributed by atoms with Crippen molar-refractivity contribution in [1.82, 2.24) is 4.90 Å². The van der Waals surface area contributed by atoms with Crippen molar-refractivity contribution >= 4 is 23.4 Å². The molecule has 0 aliphatic carbocycles. The minimum Gasteiger partial charge on any atom is -0.326 e. The van der Waals surface area contributed by atoms with Gasteiger partial charge in [0.05, 0.1) is 11.1 Å².